The standard InChI is InChI=1S/C52H84N2/c1-6-11-16-21-24-29-34-45-37-44(32-27-19-14-9-4)39-49(40-45)51-43-48(36-31-26-23-18-13-8-3)52(54(51)53)50-41-46(33-28-20-15-10-5)38-47(42-50)35-30-25-22-17-12-7-2/h37-43H,6-36H2,1-5H3. The summed E-state index contributed by atoms with van der Waals surface area (Å²) < 4.78 is 1.61. The summed E-state index contributed by atoms with van der Waals surface area (Å²) in [5.41, 5.74) is 23.9. The van der Waals surface area contributed by atoms with Gasteiger partial charge in [-0.2, -0.15) is 0 Å². The van der Waals surface area contributed by atoms with Crippen LogP contribution < -0.4 is 0 Å². The summed E-state index contributed by atoms with van der Waals surface area (Å²) in [7, 11) is 0. The van der Waals surface area contributed by atoms with Gasteiger partial charge >= 0.3 is 0 Å². The second kappa shape index (κ2) is 28.9. The molecule has 1 aliphatic heterocycles. The molecule has 2 aromatic carbocycles. The Hall–Kier alpha value is -2.48. The van der Waals surface area contributed by atoms with E-state index in [1.807, 2.05) is 0 Å². The van der Waals surface area contributed by atoms with E-state index in [1.165, 1.54) is 206 Å². The van der Waals surface area contributed by atoms with Crippen molar-refractivity contribution in [1.29, 1.82) is 0 Å². The molecule has 0 spiro atoms. The number of nitrogens with zero attached hydrogens (tertiary/aromatic N) is 2. The molecule has 0 unspecified atom stereocenters. The average Bonchev–Trinajstić information content (AvgIpc) is 3.51. The fourth-order valence-electron chi connectivity index (χ4n) is 8.47. The number of unbranched alkanes of at least 4 members (excludes halogenated alkanes) is 21. The summed E-state index contributed by atoms with van der Waals surface area (Å²) in [5.74, 6) is 0. The highest BCUT2D eigenvalue weighted by Gasteiger charge is 2.30. The van der Waals surface area contributed by atoms with Crippen molar-refractivity contribution in [1.82, 2.24) is 0 Å². The van der Waals surface area contributed by atoms with E-state index in [2.05, 4.69) is 77.1 Å². The zero-order chi connectivity index (χ0) is 38.6. The molecule has 0 bridgehead atoms. The smallest absolute Gasteiger partial charge is 0.210 e. The molecule has 0 fully saturated rings. The van der Waals surface area contributed by atoms with Crippen LogP contribution in [0.1, 0.15) is 241 Å². The number of hydrogen-bond acceptors (Lipinski definition) is 0. The van der Waals surface area contributed by atoms with E-state index < -0.39 is 0 Å². The van der Waals surface area contributed by atoms with Gasteiger partial charge in [0.25, 0.3) is 0 Å². The van der Waals surface area contributed by atoms with Gasteiger partial charge in [-0.05, 0) is 111 Å². The van der Waals surface area contributed by atoms with Gasteiger partial charge in [0.15, 0.2) is 0 Å². The third kappa shape index (κ3) is 17.5. The second-order valence-corrected chi connectivity index (χ2v) is 17.0. The Bertz CT molecular complexity index is 1380. The molecule has 0 saturated heterocycles. The Morgan fingerprint density at radius 3 is 1.02 bits per heavy atom. The highest BCUT2D eigenvalue weighted by Crippen LogP contribution is 2.39. The molecule has 2 aromatic rings. The van der Waals surface area contributed by atoms with Crippen LogP contribution in [0.25, 0.3) is 16.9 Å². The molecule has 54 heavy (non-hydrogen) atoms. The Morgan fingerprint density at radius 1 is 0.352 bits per heavy atom. The molecule has 3 rings (SSSR count). The fourth-order valence-corrected chi connectivity index (χ4v) is 8.47. The third-order valence-electron chi connectivity index (χ3n) is 11.8. The summed E-state index contributed by atoms with van der Waals surface area (Å²) in [6, 6.07) is 14.7. The molecule has 0 amide bonds. The predicted molar refractivity (Wildman–Crippen MR) is 239 cm³/mol. The zero-order valence-electron chi connectivity index (χ0n) is 36.4. The number of hydrogen-bond donors (Lipinski definition) is 0. The van der Waals surface area contributed by atoms with E-state index in [0.29, 0.717) is 0 Å². The molecule has 1 aliphatic rings. The lowest BCUT2D eigenvalue weighted by atomic mass is 9.94. The molecule has 2 heteroatoms. The van der Waals surface area contributed by atoms with Crippen LogP contribution in [0, 0.1) is 0 Å². The number of allylic oxidation sites excluding steroid dienone is 2. The van der Waals surface area contributed by atoms with Crippen molar-refractivity contribution in [3.63, 3.8) is 0 Å². The van der Waals surface area contributed by atoms with E-state index in [9.17, 15) is 5.53 Å². The van der Waals surface area contributed by atoms with Crippen LogP contribution in [0.2, 0.25) is 0 Å². The number of aryl methyl sites for hydroxylation is 4. The van der Waals surface area contributed by atoms with Crippen LogP contribution in [-0.4, -0.2) is 4.70 Å². The van der Waals surface area contributed by atoms with Crippen molar-refractivity contribution in [3.05, 3.63) is 87.0 Å². The van der Waals surface area contributed by atoms with Gasteiger partial charge in [-0.15, -0.1) is 0 Å². The lowest BCUT2D eigenvalue weighted by Crippen LogP contribution is -2.05. The Kier molecular flexibility index (Phi) is 24.5. The van der Waals surface area contributed by atoms with Gasteiger partial charge in [-0.1, -0.05) is 182 Å². The van der Waals surface area contributed by atoms with E-state index in [-0.39, 0.29) is 0 Å². The van der Waals surface area contributed by atoms with Crippen molar-refractivity contribution >= 4 is 11.4 Å². The molecule has 2 nitrogen and oxygen atoms in total. The van der Waals surface area contributed by atoms with Gasteiger partial charge in [-0.25, -0.2) is 4.70 Å². The van der Waals surface area contributed by atoms with E-state index in [4.69, 9.17) is 0 Å². The molecule has 0 aromatic heterocycles. The summed E-state index contributed by atoms with van der Waals surface area (Å²) in [6.07, 6.45) is 41.8. The van der Waals surface area contributed by atoms with Crippen LogP contribution >= 0.6 is 0 Å². The molecule has 1 heterocycles. The van der Waals surface area contributed by atoms with Crippen molar-refractivity contribution in [2.75, 3.05) is 0 Å². The van der Waals surface area contributed by atoms with Gasteiger partial charge in [0.1, 0.15) is 0 Å². The highest BCUT2D eigenvalue weighted by molar-refractivity contribution is 5.79. The van der Waals surface area contributed by atoms with Crippen LogP contribution in [0.5, 0.6) is 0 Å². The maximum atomic E-state index is 12.4. The molecule has 0 saturated carbocycles. The summed E-state index contributed by atoms with van der Waals surface area (Å²) in [6.45, 7) is 11.5. The number of rotatable bonds is 33. The van der Waals surface area contributed by atoms with Gasteiger partial charge in [-0.3, -0.25) is 0 Å². The summed E-state index contributed by atoms with van der Waals surface area (Å²) in [4.78, 5) is 0. The molecule has 0 N–H and O–H groups in total. The van der Waals surface area contributed by atoms with Crippen molar-refractivity contribution < 1.29 is 4.70 Å². The first kappa shape index (κ1) is 45.9. The summed E-state index contributed by atoms with van der Waals surface area (Å²) >= 11 is 0. The molecule has 302 valence electrons. The van der Waals surface area contributed by atoms with E-state index in [0.717, 1.165) is 43.5 Å². The van der Waals surface area contributed by atoms with Crippen LogP contribution in [0.15, 0.2) is 48.0 Å². The normalized spacial score (nSPS) is 13.1. The lowest BCUT2D eigenvalue weighted by molar-refractivity contribution is -0.344. The maximum Gasteiger partial charge on any atom is 0.210 e. The monoisotopic (exact) mass is 737 g/mol. The lowest BCUT2D eigenvalue weighted by Gasteiger charge is -2.15. The molecule has 0 atom stereocenters. The minimum absolute atomic E-state index is 0.983. The largest absolute Gasteiger partial charge is 0.493 e. The van der Waals surface area contributed by atoms with Crippen LogP contribution in [-0.2, 0) is 25.7 Å². The summed E-state index contributed by atoms with van der Waals surface area (Å²) in [5, 5.41) is 0. The Morgan fingerprint density at radius 2 is 0.648 bits per heavy atom. The third-order valence-corrected chi connectivity index (χ3v) is 11.8. The maximum absolute atomic E-state index is 12.4. The minimum atomic E-state index is 0.983. The quantitative estimate of drug-likeness (QED) is 0.0515. The predicted octanol–water partition coefficient (Wildman–Crippen LogP) is 17.3. The van der Waals surface area contributed by atoms with Gasteiger partial charge in [0, 0.05) is 22.8 Å². The topological polar surface area (TPSA) is 25.3 Å². The zero-order valence-corrected chi connectivity index (χ0v) is 36.4. The van der Waals surface area contributed by atoms with E-state index in [1.54, 1.807) is 4.70 Å². The highest BCUT2D eigenvalue weighted by atomic mass is 15.2. The molecular weight excluding hydrogens is 653 g/mol. The van der Waals surface area contributed by atoms with Gasteiger partial charge < -0.3 is 5.53 Å². The Labute approximate surface area is 335 Å². The van der Waals surface area contributed by atoms with Gasteiger partial charge in [0.05, 0.1) is 0 Å². The second-order valence-electron chi connectivity index (χ2n) is 17.0. The molecule has 0 radical (unpaired) electrons. The average molecular weight is 737 g/mol. The first-order valence-electron chi connectivity index (χ1n) is 23.7. The van der Waals surface area contributed by atoms with E-state index >= 15 is 0 Å². The SMILES string of the molecule is CCCCCCCCC1=C(c2cc(CCCCCC)cc(CCCCCCCC)c2)[N+](=[N-])C(c2cc(CCCCCC)cc(CCCCCCCC)c2)=C1. The van der Waals surface area contributed by atoms with Crippen molar-refractivity contribution in [3.8, 4) is 0 Å². The van der Waals surface area contributed by atoms with Crippen molar-refractivity contribution in [2.24, 2.45) is 0 Å². The number of benzene rings is 2. The minimum Gasteiger partial charge on any atom is -0.493 e. The molecular formula is C52H84N2. The van der Waals surface area contributed by atoms with Gasteiger partial charge in [0.2, 0.25) is 11.4 Å². The van der Waals surface area contributed by atoms with Crippen LogP contribution in [0.3, 0.4) is 0 Å². The van der Waals surface area contributed by atoms with Crippen molar-refractivity contribution in [2.45, 2.75) is 234 Å². The molecule has 0 aliphatic carbocycles. The Balaban J connectivity index is 1.95. The fraction of sp³-hybridized carbons (Fsp3) is 0.692. The first-order chi connectivity index (χ1) is 26.5. The van der Waals surface area contributed by atoms with Crippen LogP contribution in [0.4, 0.5) is 0 Å². The first-order valence-corrected chi connectivity index (χ1v) is 23.7.